The van der Waals surface area contributed by atoms with Crippen molar-refractivity contribution in [3.05, 3.63) is 128 Å². The number of hydrogen-bond donors (Lipinski definition) is 2. The molecule has 0 spiro atoms. The van der Waals surface area contributed by atoms with Crippen LogP contribution in [0.4, 0.5) is 14.5 Å². The first-order chi connectivity index (χ1) is 23.8. The molecule has 10 nitrogen and oxygen atoms in total. The fourth-order valence-electron chi connectivity index (χ4n) is 5.17. The first-order valence-electron chi connectivity index (χ1n) is 15.5. The van der Waals surface area contributed by atoms with Crippen molar-refractivity contribution in [2.45, 2.75) is 51.0 Å². The number of carbonyl (C=O) groups excluding carboxylic acids is 2. The van der Waals surface area contributed by atoms with E-state index in [1.807, 2.05) is 11.6 Å². The van der Waals surface area contributed by atoms with Gasteiger partial charge in [0.05, 0.1) is 32.7 Å². The molecule has 0 radical (unpaired) electrons. The predicted molar refractivity (Wildman–Crippen MR) is 187 cm³/mol. The summed E-state index contributed by atoms with van der Waals surface area (Å²) in [5, 5.41) is 7.19. The van der Waals surface area contributed by atoms with Crippen molar-refractivity contribution in [3.8, 4) is 16.8 Å². The van der Waals surface area contributed by atoms with E-state index in [0.717, 1.165) is 23.2 Å². The second kappa shape index (κ2) is 15.4. The van der Waals surface area contributed by atoms with Crippen molar-refractivity contribution in [2.75, 3.05) is 5.32 Å². The van der Waals surface area contributed by atoms with Crippen LogP contribution >= 0.6 is 23.2 Å². The zero-order valence-electron chi connectivity index (χ0n) is 26.8. The summed E-state index contributed by atoms with van der Waals surface area (Å²) >= 11 is 12.4. The first-order valence-corrected chi connectivity index (χ1v) is 17.8. The Labute approximate surface area is 296 Å². The number of amides is 2. The average Bonchev–Trinajstić information content (AvgIpc) is 3.39. The van der Waals surface area contributed by atoms with Gasteiger partial charge in [0.1, 0.15) is 17.5 Å². The number of unbranched alkanes of at least 4 members (excludes halogenated alkanes) is 1. The number of aryl methyl sites for hydroxylation is 1. The number of anilines is 1. The number of rotatable bonds is 12. The summed E-state index contributed by atoms with van der Waals surface area (Å²) in [5.74, 6) is -2.85. The van der Waals surface area contributed by atoms with E-state index in [0.29, 0.717) is 24.4 Å². The SMILES string of the molecule is CCCCc1nn(-c2cc(NC(=O)CC)ccc2Cl)c(=O)n1Cc1ccc(-c2ccccc2S(=O)(=O)NC(=O)c2c(F)cccc2Cl)cc1F. The molecule has 0 saturated carbocycles. The number of sulfonamides is 1. The summed E-state index contributed by atoms with van der Waals surface area (Å²) in [6.45, 7) is 3.48. The molecule has 15 heteroatoms. The van der Waals surface area contributed by atoms with Gasteiger partial charge in [0, 0.05) is 29.7 Å². The summed E-state index contributed by atoms with van der Waals surface area (Å²) in [7, 11) is -4.59. The monoisotopic (exact) mass is 741 g/mol. The van der Waals surface area contributed by atoms with Crippen LogP contribution in [0.1, 0.15) is 54.9 Å². The third-order valence-corrected chi connectivity index (χ3v) is 9.78. The third-order valence-electron chi connectivity index (χ3n) is 7.76. The van der Waals surface area contributed by atoms with Gasteiger partial charge < -0.3 is 5.32 Å². The highest BCUT2D eigenvalue weighted by Crippen LogP contribution is 2.30. The Morgan fingerprint density at radius 1 is 0.900 bits per heavy atom. The lowest BCUT2D eigenvalue weighted by molar-refractivity contribution is -0.115. The molecule has 2 N–H and O–H groups in total. The minimum atomic E-state index is -4.59. The molecular formula is C35H31Cl2F2N5O5S. The molecule has 0 atom stereocenters. The summed E-state index contributed by atoms with van der Waals surface area (Å²) < 4.78 is 61.1. The van der Waals surface area contributed by atoms with E-state index in [1.54, 1.807) is 13.0 Å². The number of hydrogen-bond acceptors (Lipinski definition) is 6. The maximum absolute atomic E-state index is 15.8. The maximum atomic E-state index is 15.8. The van der Waals surface area contributed by atoms with Crippen LogP contribution in [0.5, 0.6) is 0 Å². The van der Waals surface area contributed by atoms with Crippen LogP contribution in [0.2, 0.25) is 10.0 Å². The standard InChI is InChI=1S/C35H31Cl2F2N5O5S/c1-3-5-13-31-41-44(29-19-23(16-17-25(29)36)40-32(45)4-2)35(47)43(31)20-22-15-14-21(18-28(22)39)24-9-6-7-12-30(24)50(48,49)42-34(46)33-26(37)10-8-11-27(33)38/h6-12,14-19H,3-5,13,20H2,1-2H3,(H,40,45)(H,42,46). The third kappa shape index (κ3) is 7.80. The zero-order valence-corrected chi connectivity index (χ0v) is 29.2. The van der Waals surface area contributed by atoms with Gasteiger partial charge in [-0.1, -0.05) is 79.9 Å². The number of halogens is 4. The van der Waals surface area contributed by atoms with Crippen LogP contribution in [0.15, 0.2) is 88.6 Å². The molecule has 0 aliphatic heterocycles. The molecule has 0 aliphatic rings. The highest BCUT2D eigenvalue weighted by atomic mass is 35.5. The Balaban J connectivity index is 1.48. The Morgan fingerprint density at radius 2 is 1.66 bits per heavy atom. The van der Waals surface area contributed by atoms with Crippen LogP contribution in [0.25, 0.3) is 16.8 Å². The van der Waals surface area contributed by atoms with Gasteiger partial charge in [-0.15, -0.1) is 5.10 Å². The van der Waals surface area contributed by atoms with Crippen LogP contribution < -0.4 is 15.7 Å². The number of carbonyl (C=O) groups is 2. The molecule has 260 valence electrons. The smallest absolute Gasteiger partial charge is 0.326 e. The lowest BCUT2D eigenvalue weighted by Gasteiger charge is -2.14. The number of nitrogens with one attached hydrogen (secondary N) is 2. The van der Waals surface area contributed by atoms with Gasteiger partial charge in [-0.3, -0.25) is 14.2 Å². The molecular weight excluding hydrogens is 711 g/mol. The average molecular weight is 743 g/mol. The molecule has 2 amide bonds. The number of aromatic nitrogens is 3. The number of benzene rings is 4. The topological polar surface area (TPSA) is 132 Å². The van der Waals surface area contributed by atoms with Crippen molar-refractivity contribution in [3.63, 3.8) is 0 Å². The molecule has 0 fully saturated rings. The van der Waals surface area contributed by atoms with Crippen LogP contribution in [-0.2, 0) is 27.8 Å². The molecule has 0 bridgehead atoms. The largest absolute Gasteiger partial charge is 0.351 e. The predicted octanol–water partition coefficient (Wildman–Crippen LogP) is 7.14. The molecule has 1 aromatic heterocycles. The Morgan fingerprint density at radius 3 is 2.36 bits per heavy atom. The quantitative estimate of drug-likeness (QED) is 0.140. The highest BCUT2D eigenvalue weighted by molar-refractivity contribution is 7.90. The summed E-state index contributed by atoms with van der Waals surface area (Å²) in [4.78, 5) is 38.1. The first kappa shape index (κ1) is 36.4. The van der Waals surface area contributed by atoms with Crippen molar-refractivity contribution in [1.82, 2.24) is 19.1 Å². The molecule has 5 rings (SSSR count). The van der Waals surface area contributed by atoms with Gasteiger partial charge in [0.25, 0.3) is 15.9 Å². The lowest BCUT2D eigenvalue weighted by Crippen LogP contribution is -2.31. The summed E-state index contributed by atoms with van der Waals surface area (Å²) in [5.41, 5.74) is -0.214. The molecule has 0 saturated heterocycles. The minimum Gasteiger partial charge on any atom is -0.326 e. The Hall–Kier alpha value is -4.85. The van der Waals surface area contributed by atoms with E-state index in [1.165, 1.54) is 65.2 Å². The highest BCUT2D eigenvalue weighted by Gasteiger charge is 2.26. The Bertz CT molecular complexity index is 2250. The van der Waals surface area contributed by atoms with E-state index < -0.39 is 38.8 Å². The molecule has 0 unspecified atom stereocenters. The van der Waals surface area contributed by atoms with Gasteiger partial charge >= 0.3 is 5.69 Å². The van der Waals surface area contributed by atoms with Crippen LogP contribution in [-0.4, -0.2) is 34.6 Å². The van der Waals surface area contributed by atoms with Gasteiger partial charge in [0.15, 0.2) is 0 Å². The second-order valence-corrected chi connectivity index (χ2v) is 13.7. The van der Waals surface area contributed by atoms with E-state index >= 15 is 4.39 Å². The van der Waals surface area contributed by atoms with E-state index in [2.05, 4.69) is 10.4 Å². The van der Waals surface area contributed by atoms with Crippen molar-refractivity contribution in [2.24, 2.45) is 0 Å². The molecule has 0 aliphatic carbocycles. The maximum Gasteiger partial charge on any atom is 0.351 e. The zero-order chi connectivity index (χ0) is 36.2. The summed E-state index contributed by atoms with van der Waals surface area (Å²) in [6, 6.07) is 17.8. The summed E-state index contributed by atoms with van der Waals surface area (Å²) in [6.07, 6.45) is 2.17. The van der Waals surface area contributed by atoms with Gasteiger partial charge in [-0.25, -0.2) is 26.7 Å². The second-order valence-electron chi connectivity index (χ2n) is 11.2. The molecule has 4 aromatic carbocycles. The molecule has 1 heterocycles. The lowest BCUT2D eigenvalue weighted by atomic mass is 10.0. The van der Waals surface area contributed by atoms with Gasteiger partial charge in [-0.05, 0) is 54.4 Å². The fourth-order valence-corrected chi connectivity index (χ4v) is 6.81. The van der Waals surface area contributed by atoms with Crippen LogP contribution in [0.3, 0.4) is 0 Å². The normalized spacial score (nSPS) is 11.4. The van der Waals surface area contributed by atoms with Crippen molar-refractivity contribution >= 4 is 50.7 Å². The minimum absolute atomic E-state index is 0.0659. The Kier molecular flexibility index (Phi) is 11.2. The molecule has 5 aromatic rings. The fraction of sp³-hybridized carbons (Fsp3) is 0.200. The number of nitrogens with zero attached hydrogens (tertiary/aromatic N) is 3. The van der Waals surface area contributed by atoms with Crippen molar-refractivity contribution in [1.29, 1.82) is 0 Å². The van der Waals surface area contributed by atoms with Crippen LogP contribution in [0, 0.1) is 11.6 Å². The van der Waals surface area contributed by atoms with E-state index in [9.17, 15) is 27.2 Å². The van der Waals surface area contributed by atoms with Gasteiger partial charge in [-0.2, -0.15) is 4.68 Å². The van der Waals surface area contributed by atoms with E-state index in [-0.39, 0.29) is 56.2 Å². The van der Waals surface area contributed by atoms with E-state index in [4.69, 9.17) is 23.2 Å². The van der Waals surface area contributed by atoms with Gasteiger partial charge in [0.2, 0.25) is 5.91 Å². The molecule has 50 heavy (non-hydrogen) atoms. The van der Waals surface area contributed by atoms with Crippen molar-refractivity contribution < 1.29 is 26.8 Å².